The molecule has 10 aromatic carbocycles. The maximum absolute atomic E-state index is 2.44. The molecule has 56 heavy (non-hydrogen) atoms. The lowest BCUT2D eigenvalue weighted by Crippen LogP contribution is -2.13. The average Bonchev–Trinajstić information content (AvgIpc) is 3.28. The Bertz CT molecular complexity index is 2750. The quantitative estimate of drug-likeness (QED) is 0.155. The molecule has 0 aliphatic rings. The van der Waals surface area contributed by atoms with E-state index in [0.29, 0.717) is 0 Å². The number of para-hydroxylation sites is 2. The van der Waals surface area contributed by atoms with Crippen molar-refractivity contribution in [3.05, 3.63) is 231 Å². The van der Waals surface area contributed by atoms with Crippen molar-refractivity contribution in [3.8, 4) is 22.3 Å². The van der Waals surface area contributed by atoms with E-state index < -0.39 is 0 Å². The summed E-state index contributed by atoms with van der Waals surface area (Å²) in [6, 6.07) is 83.3. The molecule has 0 unspecified atom stereocenters. The second kappa shape index (κ2) is 14.4. The van der Waals surface area contributed by atoms with E-state index >= 15 is 0 Å². The van der Waals surface area contributed by atoms with Gasteiger partial charge in [-0.25, -0.2) is 0 Å². The minimum atomic E-state index is 1.10. The Balaban J connectivity index is 1.31. The van der Waals surface area contributed by atoms with Gasteiger partial charge in [0.1, 0.15) is 0 Å². The van der Waals surface area contributed by atoms with E-state index in [0.717, 1.165) is 61.8 Å². The number of hydrogen-bond acceptors (Lipinski definition) is 2. The predicted molar refractivity (Wildman–Crippen MR) is 239 cm³/mol. The molecule has 0 saturated carbocycles. The van der Waals surface area contributed by atoms with Crippen molar-refractivity contribution in [2.45, 2.75) is 0 Å². The fraction of sp³-hybridized carbons (Fsp3) is 0. The van der Waals surface area contributed by atoms with E-state index in [1.54, 1.807) is 0 Å². The maximum Gasteiger partial charge on any atom is 0.0546 e. The molecule has 0 aliphatic carbocycles. The van der Waals surface area contributed by atoms with Crippen LogP contribution in [0.1, 0.15) is 0 Å². The highest BCUT2D eigenvalue weighted by Gasteiger charge is 2.23. The van der Waals surface area contributed by atoms with Crippen LogP contribution >= 0.6 is 0 Å². The van der Waals surface area contributed by atoms with Crippen LogP contribution in [0.25, 0.3) is 54.6 Å². The molecule has 10 rings (SSSR count). The Morgan fingerprint density at radius 3 is 1.00 bits per heavy atom. The van der Waals surface area contributed by atoms with Gasteiger partial charge in [0.2, 0.25) is 0 Å². The molecule has 264 valence electrons. The summed E-state index contributed by atoms with van der Waals surface area (Å²) in [6.07, 6.45) is 0. The second-order valence-corrected chi connectivity index (χ2v) is 14.2. The molecule has 0 aliphatic heterocycles. The lowest BCUT2D eigenvalue weighted by Gasteiger charge is -2.31. The Morgan fingerprint density at radius 1 is 0.232 bits per heavy atom. The summed E-state index contributed by atoms with van der Waals surface area (Å²) in [5, 5.41) is 7.13. The van der Waals surface area contributed by atoms with Crippen molar-refractivity contribution in [2.75, 3.05) is 9.80 Å². The summed E-state index contributed by atoms with van der Waals surface area (Å²) >= 11 is 0. The molecule has 0 spiro atoms. The van der Waals surface area contributed by atoms with Crippen molar-refractivity contribution in [1.29, 1.82) is 0 Å². The van der Waals surface area contributed by atoms with Crippen LogP contribution in [0.3, 0.4) is 0 Å². The second-order valence-electron chi connectivity index (χ2n) is 14.2. The standard InChI is InChI=1S/C54H38N2/c1-5-19-41(20-6-1)49-35-43-36-50(42-21-7-2-8-22-42)54(56(46-29-11-4-12-30-46)52-34-18-26-40-24-14-16-32-48(40)52)38-44(43)37-53(49)55(45-27-9-3-10-28-45)51-33-17-25-39-23-13-15-31-47(39)51/h1-38H. The Kier molecular flexibility index (Phi) is 8.55. The summed E-state index contributed by atoms with van der Waals surface area (Å²) in [7, 11) is 0. The highest BCUT2D eigenvalue weighted by molar-refractivity contribution is 6.08. The topological polar surface area (TPSA) is 6.48 Å². The third-order valence-electron chi connectivity index (χ3n) is 10.8. The van der Waals surface area contributed by atoms with E-state index in [-0.39, 0.29) is 0 Å². The Labute approximate surface area is 327 Å². The molecular formula is C54H38N2. The van der Waals surface area contributed by atoms with Crippen LogP contribution in [-0.2, 0) is 0 Å². The summed E-state index contributed by atoms with van der Waals surface area (Å²) in [4.78, 5) is 4.88. The molecule has 0 atom stereocenters. The van der Waals surface area contributed by atoms with E-state index in [9.17, 15) is 0 Å². The molecule has 0 N–H and O–H groups in total. The van der Waals surface area contributed by atoms with Gasteiger partial charge in [-0.05, 0) is 93.3 Å². The van der Waals surface area contributed by atoms with Gasteiger partial charge in [0, 0.05) is 33.3 Å². The van der Waals surface area contributed by atoms with Crippen LogP contribution in [0, 0.1) is 0 Å². The molecular weight excluding hydrogens is 677 g/mol. The molecule has 0 radical (unpaired) electrons. The molecule has 0 amide bonds. The van der Waals surface area contributed by atoms with E-state index in [4.69, 9.17) is 0 Å². The van der Waals surface area contributed by atoms with Crippen molar-refractivity contribution >= 4 is 66.4 Å². The smallest absolute Gasteiger partial charge is 0.0546 e. The van der Waals surface area contributed by atoms with Gasteiger partial charge < -0.3 is 9.80 Å². The van der Waals surface area contributed by atoms with Crippen molar-refractivity contribution in [3.63, 3.8) is 0 Å². The van der Waals surface area contributed by atoms with Gasteiger partial charge in [-0.3, -0.25) is 0 Å². The van der Waals surface area contributed by atoms with Crippen LogP contribution in [0.15, 0.2) is 231 Å². The Morgan fingerprint density at radius 2 is 0.571 bits per heavy atom. The van der Waals surface area contributed by atoms with Gasteiger partial charge in [0.15, 0.2) is 0 Å². The number of nitrogens with zero attached hydrogens (tertiary/aromatic N) is 2. The molecule has 0 bridgehead atoms. The molecule has 2 heteroatoms. The zero-order valence-corrected chi connectivity index (χ0v) is 30.8. The summed E-state index contributed by atoms with van der Waals surface area (Å²) in [6.45, 7) is 0. The number of benzene rings is 10. The largest absolute Gasteiger partial charge is 0.309 e. The maximum atomic E-state index is 2.44. The van der Waals surface area contributed by atoms with E-state index in [1.807, 2.05) is 0 Å². The van der Waals surface area contributed by atoms with Crippen LogP contribution in [0.4, 0.5) is 34.1 Å². The highest BCUT2D eigenvalue weighted by atomic mass is 15.2. The van der Waals surface area contributed by atoms with Crippen LogP contribution in [-0.4, -0.2) is 0 Å². The fourth-order valence-corrected chi connectivity index (χ4v) is 8.17. The first-order valence-corrected chi connectivity index (χ1v) is 19.2. The molecule has 0 heterocycles. The molecule has 10 aromatic rings. The minimum absolute atomic E-state index is 1.10. The molecule has 2 nitrogen and oxygen atoms in total. The third kappa shape index (κ3) is 6.04. The summed E-state index contributed by atoms with van der Waals surface area (Å²) < 4.78 is 0. The van der Waals surface area contributed by atoms with Crippen molar-refractivity contribution in [2.24, 2.45) is 0 Å². The van der Waals surface area contributed by atoms with Gasteiger partial charge in [0.05, 0.1) is 22.7 Å². The predicted octanol–water partition coefficient (Wildman–Crippen LogP) is 15.4. The van der Waals surface area contributed by atoms with Crippen molar-refractivity contribution < 1.29 is 0 Å². The fourth-order valence-electron chi connectivity index (χ4n) is 8.17. The lowest BCUT2D eigenvalue weighted by molar-refractivity contribution is 1.29. The highest BCUT2D eigenvalue weighted by Crippen LogP contribution is 2.49. The van der Waals surface area contributed by atoms with Gasteiger partial charge in [-0.15, -0.1) is 0 Å². The summed E-state index contributed by atoms with van der Waals surface area (Å²) in [5.74, 6) is 0. The van der Waals surface area contributed by atoms with Gasteiger partial charge in [0.25, 0.3) is 0 Å². The molecule has 0 aromatic heterocycles. The third-order valence-corrected chi connectivity index (χ3v) is 10.8. The molecule has 0 fully saturated rings. The lowest BCUT2D eigenvalue weighted by atomic mass is 9.93. The van der Waals surface area contributed by atoms with Gasteiger partial charge in [-0.1, -0.05) is 170 Å². The number of anilines is 6. The van der Waals surface area contributed by atoms with Crippen LogP contribution in [0.5, 0.6) is 0 Å². The van der Waals surface area contributed by atoms with Gasteiger partial charge >= 0.3 is 0 Å². The van der Waals surface area contributed by atoms with Crippen molar-refractivity contribution in [1.82, 2.24) is 0 Å². The zero-order chi connectivity index (χ0) is 37.3. The minimum Gasteiger partial charge on any atom is -0.309 e. The number of rotatable bonds is 8. The average molecular weight is 715 g/mol. The zero-order valence-electron chi connectivity index (χ0n) is 30.8. The first kappa shape index (κ1) is 33.2. The summed E-state index contributed by atoms with van der Waals surface area (Å²) in [5.41, 5.74) is 11.3. The normalized spacial score (nSPS) is 11.2. The van der Waals surface area contributed by atoms with E-state index in [1.165, 1.54) is 26.9 Å². The number of fused-ring (bicyclic) bond motifs is 3. The first-order chi connectivity index (χ1) is 27.8. The van der Waals surface area contributed by atoms with Crippen LogP contribution < -0.4 is 9.80 Å². The molecule has 0 saturated heterocycles. The number of hydrogen-bond donors (Lipinski definition) is 0. The monoisotopic (exact) mass is 714 g/mol. The SMILES string of the molecule is c1ccc(-c2cc3cc(-c4ccccc4)c(N(c4ccccc4)c4cccc5ccccc45)cc3cc2N(c2ccccc2)c2cccc3ccccc23)cc1. The van der Waals surface area contributed by atoms with E-state index in [2.05, 4.69) is 240 Å². The van der Waals surface area contributed by atoms with Crippen LogP contribution in [0.2, 0.25) is 0 Å². The van der Waals surface area contributed by atoms with Gasteiger partial charge in [-0.2, -0.15) is 0 Å². The first-order valence-electron chi connectivity index (χ1n) is 19.2. The Hall–Kier alpha value is -7.42.